The number of halogens is 6. The Bertz CT molecular complexity index is 2820. The average molecular weight is 685 g/mol. The standard InChI is InChI=1S/C41H22F6N4/c1-23-14-16-35-28(18-23)26-8-3-5-12-33(26)50(35)37-19-24(39-31(41(45,46)47)10-7-11-32(39)49-2)20-38(30(37)22-48)51-34-13-6-4-9-27(34)29-21-25(40(42,43)44)15-17-36(29)51/h3-21H,1H3. The topological polar surface area (TPSA) is 38.0 Å². The number of para-hydroxylation sites is 2. The highest BCUT2D eigenvalue weighted by Gasteiger charge is 2.36. The summed E-state index contributed by atoms with van der Waals surface area (Å²) in [5.41, 5.74) is 1.04. The third kappa shape index (κ3) is 4.91. The second-order valence-electron chi connectivity index (χ2n) is 12.3. The molecule has 0 aliphatic heterocycles. The zero-order chi connectivity index (χ0) is 35.8. The van der Waals surface area contributed by atoms with Gasteiger partial charge in [-0.25, -0.2) is 4.85 Å². The van der Waals surface area contributed by atoms with E-state index in [0.717, 1.165) is 34.5 Å². The first-order chi connectivity index (χ1) is 24.4. The molecule has 4 nitrogen and oxygen atoms in total. The fraction of sp³-hybridized carbons (Fsp3) is 0.0732. The van der Waals surface area contributed by atoms with Crippen molar-refractivity contribution < 1.29 is 26.3 Å². The lowest BCUT2D eigenvalue weighted by molar-refractivity contribution is -0.138. The Balaban J connectivity index is 1.59. The summed E-state index contributed by atoms with van der Waals surface area (Å²) in [4.78, 5) is 3.46. The molecule has 0 aliphatic carbocycles. The van der Waals surface area contributed by atoms with E-state index in [2.05, 4.69) is 10.9 Å². The van der Waals surface area contributed by atoms with Gasteiger partial charge in [0.1, 0.15) is 11.6 Å². The van der Waals surface area contributed by atoms with Crippen molar-refractivity contribution in [1.29, 1.82) is 5.26 Å². The van der Waals surface area contributed by atoms with E-state index in [1.54, 1.807) is 28.8 Å². The van der Waals surface area contributed by atoms with Gasteiger partial charge in [-0.15, -0.1) is 0 Å². The molecule has 0 saturated heterocycles. The number of aromatic nitrogens is 2. The van der Waals surface area contributed by atoms with E-state index in [1.807, 2.05) is 54.0 Å². The van der Waals surface area contributed by atoms with Crippen LogP contribution in [0.4, 0.5) is 32.0 Å². The van der Waals surface area contributed by atoms with Gasteiger partial charge < -0.3 is 9.13 Å². The Hall–Kier alpha value is -6.52. The first kappa shape index (κ1) is 31.7. The van der Waals surface area contributed by atoms with E-state index < -0.39 is 23.5 Å². The first-order valence-electron chi connectivity index (χ1n) is 15.7. The van der Waals surface area contributed by atoms with Gasteiger partial charge in [0.2, 0.25) is 0 Å². The summed E-state index contributed by atoms with van der Waals surface area (Å²) in [7, 11) is 0. The lowest BCUT2D eigenvalue weighted by Gasteiger charge is -2.21. The van der Waals surface area contributed by atoms with Crippen molar-refractivity contribution >= 4 is 49.3 Å². The number of aryl methyl sites for hydroxylation is 1. The Morgan fingerprint density at radius 3 is 1.71 bits per heavy atom. The summed E-state index contributed by atoms with van der Waals surface area (Å²) in [6.07, 6.45) is -9.47. The van der Waals surface area contributed by atoms with Crippen LogP contribution in [0.25, 0.3) is 71.0 Å². The molecule has 248 valence electrons. The number of fused-ring (bicyclic) bond motifs is 6. The minimum atomic E-state index is -4.84. The maximum Gasteiger partial charge on any atom is 0.416 e. The van der Waals surface area contributed by atoms with Crippen LogP contribution in [-0.4, -0.2) is 9.13 Å². The van der Waals surface area contributed by atoms with Gasteiger partial charge in [0, 0.05) is 21.5 Å². The molecule has 2 aromatic heterocycles. The zero-order valence-corrected chi connectivity index (χ0v) is 26.5. The maximum absolute atomic E-state index is 14.7. The van der Waals surface area contributed by atoms with Crippen molar-refractivity contribution in [2.75, 3.05) is 0 Å². The van der Waals surface area contributed by atoms with Gasteiger partial charge in [-0.05, 0) is 72.6 Å². The summed E-state index contributed by atoms with van der Waals surface area (Å²) >= 11 is 0. The molecular weight excluding hydrogens is 662 g/mol. The van der Waals surface area contributed by atoms with Gasteiger partial charge in [0.05, 0.1) is 51.1 Å². The molecule has 51 heavy (non-hydrogen) atoms. The molecule has 0 saturated carbocycles. The molecule has 6 aromatic carbocycles. The monoisotopic (exact) mass is 684 g/mol. The highest BCUT2D eigenvalue weighted by Crippen LogP contribution is 2.46. The Kier molecular flexibility index (Phi) is 7.00. The van der Waals surface area contributed by atoms with E-state index in [-0.39, 0.29) is 39.1 Å². The van der Waals surface area contributed by atoms with Gasteiger partial charge in [-0.3, -0.25) is 0 Å². The predicted octanol–water partition coefficient (Wildman–Crippen LogP) is 12.3. The molecular formula is C41H22F6N4. The molecule has 0 spiro atoms. The molecule has 8 aromatic rings. The van der Waals surface area contributed by atoms with E-state index in [9.17, 15) is 31.6 Å². The lowest BCUT2D eigenvalue weighted by Crippen LogP contribution is -2.09. The molecule has 0 aliphatic rings. The fourth-order valence-electron chi connectivity index (χ4n) is 7.15. The quantitative estimate of drug-likeness (QED) is 0.135. The highest BCUT2D eigenvalue weighted by atomic mass is 19.4. The summed E-state index contributed by atoms with van der Waals surface area (Å²) in [5, 5.41) is 13.4. The van der Waals surface area contributed by atoms with E-state index in [0.29, 0.717) is 27.5 Å². The predicted molar refractivity (Wildman–Crippen MR) is 186 cm³/mol. The molecule has 8 rings (SSSR count). The van der Waals surface area contributed by atoms with Crippen molar-refractivity contribution in [2.45, 2.75) is 19.3 Å². The summed E-state index contributed by atoms with van der Waals surface area (Å²) < 4.78 is 89.3. The smallest absolute Gasteiger partial charge is 0.308 e. The molecule has 0 radical (unpaired) electrons. The zero-order valence-electron chi connectivity index (χ0n) is 26.5. The van der Waals surface area contributed by atoms with Crippen molar-refractivity contribution in [1.82, 2.24) is 9.13 Å². The Labute approximate surface area is 286 Å². The number of hydrogen-bond acceptors (Lipinski definition) is 1. The van der Waals surface area contributed by atoms with Crippen molar-refractivity contribution in [3.05, 3.63) is 149 Å². The van der Waals surface area contributed by atoms with Crippen LogP contribution in [0.15, 0.2) is 115 Å². The van der Waals surface area contributed by atoms with Gasteiger partial charge in [-0.2, -0.15) is 31.6 Å². The van der Waals surface area contributed by atoms with E-state index in [4.69, 9.17) is 6.57 Å². The van der Waals surface area contributed by atoms with Crippen LogP contribution >= 0.6 is 0 Å². The van der Waals surface area contributed by atoms with Gasteiger partial charge in [0.25, 0.3) is 0 Å². The summed E-state index contributed by atoms with van der Waals surface area (Å²) in [6, 6.07) is 31.8. The fourth-order valence-corrected chi connectivity index (χ4v) is 7.15. The van der Waals surface area contributed by atoms with Crippen molar-refractivity contribution in [3.8, 4) is 28.6 Å². The lowest BCUT2D eigenvalue weighted by atomic mass is 9.94. The van der Waals surface area contributed by atoms with Crippen LogP contribution in [0.3, 0.4) is 0 Å². The first-order valence-corrected chi connectivity index (χ1v) is 15.7. The minimum absolute atomic E-state index is 0.00816. The van der Waals surface area contributed by atoms with E-state index >= 15 is 0 Å². The van der Waals surface area contributed by atoms with Gasteiger partial charge in [0.15, 0.2) is 5.69 Å². The summed E-state index contributed by atoms with van der Waals surface area (Å²) in [6.45, 7) is 9.77. The van der Waals surface area contributed by atoms with Crippen molar-refractivity contribution in [2.24, 2.45) is 0 Å². The van der Waals surface area contributed by atoms with Crippen LogP contribution in [0, 0.1) is 24.8 Å². The average Bonchev–Trinajstić information content (AvgIpc) is 3.62. The van der Waals surface area contributed by atoms with Crippen LogP contribution in [0.5, 0.6) is 0 Å². The number of nitrogens with zero attached hydrogens (tertiary/aromatic N) is 4. The second kappa shape index (κ2) is 11.3. The van der Waals surface area contributed by atoms with Crippen LogP contribution in [-0.2, 0) is 12.4 Å². The molecule has 0 atom stereocenters. The molecule has 0 N–H and O–H groups in total. The minimum Gasteiger partial charge on any atom is -0.308 e. The molecule has 0 fully saturated rings. The van der Waals surface area contributed by atoms with Crippen LogP contribution in [0.1, 0.15) is 22.3 Å². The Morgan fingerprint density at radius 2 is 1.16 bits per heavy atom. The van der Waals surface area contributed by atoms with Gasteiger partial charge >= 0.3 is 12.4 Å². The van der Waals surface area contributed by atoms with Gasteiger partial charge in [-0.1, -0.05) is 66.2 Å². The summed E-state index contributed by atoms with van der Waals surface area (Å²) in [5.74, 6) is 0. The molecule has 0 unspecified atom stereocenters. The van der Waals surface area contributed by atoms with E-state index in [1.165, 1.54) is 30.3 Å². The molecule has 0 amide bonds. The largest absolute Gasteiger partial charge is 0.416 e. The van der Waals surface area contributed by atoms with Crippen LogP contribution in [0.2, 0.25) is 0 Å². The number of nitriles is 1. The molecule has 2 heterocycles. The third-order valence-corrected chi connectivity index (χ3v) is 9.28. The number of alkyl halides is 6. The number of hydrogen-bond donors (Lipinski definition) is 0. The molecule has 10 heteroatoms. The maximum atomic E-state index is 14.7. The van der Waals surface area contributed by atoms with Crippen molar-refractivity contribution in [3.63, 3.8) is 0 Å². The third-order valence-electron chi connectivity index (χ3n) is 9.28. The normalized spacial score (nSPS) is 12.2. The number of benzene rings is 6. The molecule has 0 bridgehead atoms. The Morgan fingerprint density at radius 1 is 0.608 bits per heavy atom. The SMILES string of the molecule is [C-]#[N+]c1cccc(C(F)(F)F)c1-c1cc(-n2c3ccccc3c3cc(C)ccc32)c(C#N)c(-n2c3ccccc3c3cc(C(F)(F)F)ccc32)c1. The number of rotatable bonds is 3. The van der Waals surface area contributed by atoms with Crippen LogP contribution < -0.4 is 0 Å². The highest BCUT2D eigenvalue weighted by molar-refractivity contribution is 6.11. The second-order valence-corrected chi connectivity index (χ2v) is 12.3.